The van der Waals surface area contributed by atoms with E-state index in [1.165, 1.54) is 51.4 Å². The Labute approximate surface area is 164 Å². The van der Waals surface area contributed by atoms with Crippen LogP contribution in [0.2, 0.25) is 0 Å². The van der Waals surface area contributed by atoms with E-state index in [1.807, 2.05) is 0 Å². The Morgan fingerprint density at radius 1 is 0.692 bits per heavy atom. The van der Waals surface area contributed by atoms with Gasteiger partial charge in [-0.15, -0.1) is 0 Å². The zero-order valence-electron chi connectivity index (χ0n) is 18.1. The first-order valence-electron chi connectivity index (χ1n) is 11.4. The maximum absolute atomic E-state index is 6.66. The molecule has 8 N–H and O–H groups in total. The average Bonchev–Trinajstić information content (AvgIpc) is 2.61. The van der Waals surface area contributed by atoms with Gasteiger partial charge in [0, 0.05) is 11.6 Å². The van der Waals surface area contributed by atoms with Crippen LogP contribution in [0.15, 0.2) is 0 Å². The highest BCUT2D eigenvalue weighted by Gasteiger charge is 2.23. The summed E-state index contributed by atoms with van der Waals surface area (Å²) in [4.78, 5) is 0. The maximum atomic E-state index is 6.66. The molecule has 0 aliphatic carbocycles. The molecular formula is C22H50N4. The Morgan fingerprint density at radius 2 is 1.31 bits per heavy atom. The van der Waals surface area contributed by atoms with Crippen molar-refractivity contribution in [2.24, 2.45) is 28.9 Å². The molecule has 3 atom stereocenters. The maximum Gasteiger partial charge on any atom is 0.0520 e. The van der Waals surface area contributed by atoms with Crippen molar-refractivity contribution < 1.29 is 0 Å². The summed E-state index contributed by atoms with van der Waals surface area (Å²) < 4.78 is 0. The highest BCUT2D eigenvalue weighted by atomic mass is 14.8. The summed E-state index contributed by atoms with van der Waals surface area (Å²) in [7, 11) is 0. The molecule has 0 spiro atoms. The van der Waals surface area contributed by atoms with Crippen LogP contribution >= 0.6 is 0 Å². The monoisotopic (exact) mass is 370 g/mol. The Bertz CT molecular complexity index is 309. The smallest absolute Gasteiger partial charge is 0.0520 e. The molecule has 0 aliphatic rings. The third kappa shape index (κ3) is 13.1. The van der Waals surface area contributed by atoms with Gasteiger partial charge in [-0.2, -0.15) is 0 Å². The molecule has 0 amide bonds. The molecule has 26 heavy (non-hydrogen) atoms. The predicted octanol–water partition coefficient (Wildman–Crippen LogP) is 4.78. The van der Waals surface area contributed by atoms with Gasteiger partial charge in [-0.1, -0.05) is 78.6 Å². The van der Waals surface area contributed by atoms with Crippen molar-refractivity contribution in [2.75, 3.05) is 0 Å². The number of rotatable bonds is 18. The van der Waals surface area contributed by atoms with E-state index in [9.17, 15) is 0 Å². The molecule has 0 saturated heterocycles. The number of nitrogens with two attached hydrogens (primary N) is 4. The second-order valence-corrected chi connectivity index (χ2v) is 8.55. The van der Waals surface area contributed by atoms with E-state index in [0.717, 1.165) is 44.9 Å². The zero-order valence-corrected chi connectivity index (χ0v) is 18.1. The second-order valence-electron chi connectivity index (χ2n) is 8.55. The summed E-state index contributed by atoms with van der Waals surface area (Å²) in [6.07, 6.45) is 17.6. The van der Waals surface area contributed by atoms with Gasteiger partial charge < -0.3 is 22.9 Å². The molecule has 4 nitrogen and oxygen atoms in total. The van der Waals surface area contributed by atoms with Gasteiger partial charge in [-0.05, 0) is 44.4 Å². The minimum Gasteiger partial charge on any atom is -0.327 e. The van der Waals surface area contributed by atoms with Crippen LogP contribution in [0.5, 0.6) is 0 Å². The first kappa shape index (κ1) is 25.8. The fraction of sp³-hybridized carbons (Fsp3) is 1.00. The molecule has 0 bridgehead atoms. The van der Waals surface area contributed by atoms with E-state index in [-0.39, 0.29) is 11.7 Å². The molecule has 3 unspecified atom stereocenters. The van der Waals surface area contributed by atoms with Gasteiger partial charge in [0.25, 0.3) is 0 Å². The Morgan fingerprint density at radius 3 is 1.88 bits per heavy atom. The highest BCUT2D eigenvalue weighted by Crippen LogP contribution is 2.25. The highest BCUT2D eigenvalue weighted by molar-refractivity contribution is 4.83. The lowest BCUT2D eigenvalue weighted by Crippen LogP contribution is -2.39. The van der Waals surface area contributed by atoms with Crippen LogP contribution < -0.4 is 22.9 Å². The van der Waals surface area contributed by atoms with Gasteiger partial charge in [0.05, 0.1) is 6.17 Å². The Balaban J connectivity index is 4.04. The summed E-state index contributed by atoms with van der Waals surface area (Å²) in [6.45, 7) is 6.78. The molecule has 158 valence electrons. The minimum absolute atomic E-state index is 0.0204. The van der Waals surface area contributed by atoms with Crippen LogP contribution in [0.3, 0.4) is 0 Å². The van der Waals surface area contributed by atoms with Gasteiger partial charge >= 0.3 is 0 Å². The van der Waals surface area contributed by atoms with Crippen molar-refractivity contribution >= 4 is 0 Å². The van der Waals surface area contributed by atoms with E-state index < -0.39 is 0 Å². The van der Waals surface area contributed by atoms with Crippen LogP contribution in [0.1, 0.15) is 117 Å². The molecule has 0 fully saturated rings. The Hall–Kier alpha value is -0.160. The van der Waals surface area contributed by atoms with Crippen LogP contribution in [0.25, 0.3) is 0 Å². The van der Waals surface area contributed by atoms with Crippen molar-refractivity contribution in [3.8, 4) is 0 Å². The molecule has 0 heterocycles. The largest absolute Gasteiger partial charge is 0.327 e. The van der Waals surface area contributed by atoms with Gasteiger partial charge in [0.2, 0.25) is 0 Å². The van der Waals surface area contributed by atoms with Gasteiger partial charge in [-0.25, -0.2) is 0 Å². The van der Waals surface area contributed by atoms with E-state index in [4.69, 9.17) is 22.9 Å². The fourth-order valence-corrected chi connectivity index (χ4v) is 3.99. The van der Waals surface area contributed by atoms with Gasteiger partial charge in [-0.3, -0.25) is 0 Å². The third-order valence-corrected chi connectivity index (χ3v) is 6.19. The lowest BCUT2D eigenvalue weighted by Gasteiger charge is -2.30. The summed E-state index contributed by atoms with van der Waals surface area (Å²) >= 11 is 0. The van der Waals surface area contributed by atoms with Crippen LogP contribution in [0, 0.1) is 5.92 Å². The third-order valence-electron chi connectivity index (χ3n) is 6.19. The molecule has 0 aromatic heterocycles. The van der Waals surface area contributed by atoms with E-state index in [0.29, 0.717) is 12.0 Å². The number of hydrogen-bond acceptors (Lipinski definition) is 4. The topological polar surface area (TPSA) is 104 Å². The predicted molar refractivity (Wildman–Crippen MR) is 117 cm³/mol. The van der Waals surface area contributed by atoms with E-state index in [1.54, 1.807) is 0 Å². The van der Waals surface area contributed by atoms with Crippen molar-refractivity contribution in [3.63, 3.8) is 0 Å². The lowest BCUT2D eigenvalue weighted by molar-refractivity contribution is 0.298. The molecular weight excluding hydrogens is 320 g/mol. The Kier molecular flexibility index (Phi) is 15.8. The normalized spacial score (nSPS) is 16.6. The molecule has 0 aromatic rings. The van der Waals surface area contributed by atoms with Crippen LogP contribution in [0.4, 0.5) is 0 Å². The minimum atomic E-state index is -0.168. The first-order valence-corrected chi connectivity index (χ1v) is 11.4. The molecule has 0 rings (SSSR count). The number of hydrogen-bond donors (Lipinski definition) is 4. The van der Waals surface area contributed by atoms with Crippen molar-refractivity contribution in [3.05, 3.63) is 0 Å². The van der Waals surface area contributed by atoms with Crippen LogP contribution in [-0.4, -0.2) is 17.7 Å². The fourth-order valence-electron chi connectivity index (χ4n) is 3.99. The summed E-state index contributed by atoms with van der Waals surface area (Å²) in [5.74, 6) is 0.682. The second kappa shape index (κ2) is 15.9. The summed E-state index contributed by atoms with van der Waals surface area (Å²) in [5, 5.41) is 0. The molecule has 4 heteroatoms. The summed E-state index contributed by atoms with van der Waals surface area (Å²) in [6, 6.07) is 0.341. The average molecular weight is 371 g/mol. The molecule has 0 radical (unpaired) electrons. The SMILES string of the molecule is CCCCCCC(CC)C(N)CCCC(N)(CC)CCCCCC(N)N. The number of unbranched alkanes of at least 4 members (excludes halogenated alkanes) is 5. The quantitative estimate of drug-likeness (QED) is 0.206. The van der Waals surface area contributed by atoms with Crippen molar-refractivity contribution in [2.45, 2.75) is 135 Å². The van der Waals surface area contributed by atoms with Crippen LogP contribution in [-0.2, 0) is 0 Å². The molecule has 0 saturated carbocycles. The van der Waals surface area contributed by atoms with Crippen molar-refractivity contribution in [1.29, 1.82) is 0 Å². The summed E-state index contributed by atoms with van der Waals surface area (Å²) in [5.41, 5.74) is 24.4. The zero-order chi connectivity index (χ0) is 19.8. The molecule has 0 aliphatic heterocycles. The van der Waals surface area contributed by atoms with Crippen molar-refractivity contribution in [1.82, 2.24) is 0 Å². The van der Waals surface area contributed by atoms with Gasteiger partial charge in [0.1, 0.15) is 0 Å². The standard InChI is InChI=1S/C22H50N4/c1-4-7-8-10-14-19(5-2)20(23)15-13-18-22(26,6-3)17-12-9-11-16-21(24)25/h19-21H,4-18,23-26H2,1-3H3. The first-order chi connectivity index (χ1) is 12.4. The van der Waals surface area contributed by atoms with Gasteiger partial charge in [0.15, 0.2) is 0 Å². The van der Waals surface area contributed by atoms with E-state index >= 15 is 0 Å². The van der Waals surface area contributed by atoms with E-state index in [2.05, 4.69) is 20.8 Å². The molecule has 0 aromatic carbocycles. The lowest BCUT2D eigenvalue weighted by atomic mass is 9.83.